The highest BCUT2D eigenvalue weighted by Crippen LogP contribution is 2.22. The molecular formula is C21H22N4O2. The molecule has 0 bridgehead atoms. The lowest BCUT2D eigenvalue weighted by Gasteiger charge is -2.12. The molecule has 3 aromatic rings. The van der Waals surface area contributed by atoms with Crippen LogP contribution in [0.25, 0.3) is 0 Å². The molecule has 0 spiro atoms. The first-order valence-electron chi connectivity index (χ1n) is 8.76. The van der Waals surface area contributed by atoms with Crippen molar-refractivity contribution in [3.05, 3.63) is 71.4 Å². The summed E-state index contributed by atoms with van der Waals surface area (Å²) in [5, 5.41) is 6.38. The molecule has 0 aliphatic carbocycles. The average molecular weight is 362 g/mol. The van der Waals surface area contributed by atoms with Crippen molar-refractivity contribution in [1.29, 1.82) is 0 Å². The molecule has 27 heavy (non-hydrogen) atoms. The number of carbonyl (C=O) groups is 1. The van der Waals surface area contributed by atoms with Crippen molar-refractivity contribution in [2.75, 3.05) is 17.2 Å². The first kappa shape index (κ1) is 18.4. The first-order chi connectivity index (χ1) is 13.0. The maximum Gasteiger partial charge on any atom is 0.340 e. The quantitative estimate of drug-likeness (QED) is 0.616. The van der Waals surface area contributed by atoms with E-state index in [1.165, 1.54) is 11.1 Å². The van der Waals surface area contributed by atoms with E-state index in [4.69, 9.17) is 4.74 Å². The fraction of sp³-hybridized carbons (Fsp3) is 0.190. The van der Waals surface area contributed by atoms with Crippen molar-refractivity contribution < 1.29 is 9.53 Å². The minimum absolute atomic E-state index is 0.318. The van der Waals surface area contributed by atoms with E-state index in [0.29, 0.717) is 29.6 Å². The lowest BCUT2D eigenvalue weighted by molar-refractivity contribution is 0.0527. The average Bonchev–Trinajstić information content (AvgIpc) is 2.62. The van der Waals surface area contributed by atoms with Gasteiger partial charge in [0.25, 0.3) is 0 Å². The summed E-state index contributed by atoms with van der Waals surface area (Å²) in [4.78, 5) is 20.8. The van der Waals surface area contributed by atoms with Gasteiger partial charge in [-0.1, -0.05) is 18.2 Å². The highest BCUT2D eigenvalue weighted by atomic mass is 16.5. The fourth-order valence-electron chi connectivity index (χ4n) is 2.78. The molecule has 0 aliphatic heterocycles. The molecule has 1 aromatic heterocycles. The molecule has 0 unspecified atom stereocenters. The van der Waals surface area contributed by atoms with E-state index in [2.05, 4.69) is 52.6 Å². The third-order valence-corrected chi connectivity index (χ3v) is 3.82. The van der Waals surface area contributed by atoms with Crippen molar-refractivity contribution in [1.82, 2.24) is 9.97 Å². The van der Waals surface area contributed by atoms with Gasteiger partial charge >= 0.3 is 5.97 Å². The highest BCUT2D eigenvalue weighted by molar-refractivity contribution is 5.96. The van der Waals surface area contributed by atoms with E-state index in [1.54, 1.807) is 37.4 Å². The van der Waals surface area contributed by atoms with Gasteiger partial charge in [0.15, 0.2) is 0 Å². The van der Waals surface area contributed by atoms with E-state index < -0.39 is 0 Å². The summed E-state index contributed by atoms with van der Waals surface area (Å²) in [7, 11) is 0. The number of hydrogen-bond donors (Lipinski definition) is 2. The monoisotopic (exact) mass is 362 g/mol. The van der Waals surface area contributed by atoms with Crippen molar-refractivity contribution in [2.45, 2.75) is 20.8 Å². The Hall–Kier alpha value is -3.41. The number of nitrogens with one attached hydrogen (secondary N) is 2. The molecule has 6 nitrogen and oxygen atoms in total. The lowest BCUT2D eigenvalue weighted by atomic mass is 10.1. The standard InChI is InChI=1S/C21H22N4O2/c1-4-27-20(26)17-7-5-6-8-18(17)24-21-22-10-9-19(25-21)23-16-12-14(2)11-15(3)13-16/h5-13H,4H2,1-3H3,(H2,22,23,24,25). The molecule has 2 N–H and O–H groups in total. The summed E-state index contributed by atoms with van der Waals surface area (Å²) in [5.41, 5.74) is 4.35. The van der Waals surface area contributed by atoms with Crippen molar-refractivity contribution in [3.63, 3.8) is 0 Å². The number of nitrogens with zero attached hydrogens (tertiary/aromatic N) is 2. The minimum Gasteiger partial charge on any atom is -0.462 e. The van der Waals surface area contributed by atoms with Crippen LogP contribution >= 0.6 is 0 Å². The zero-order chi connectivity index (χ0) is 19.2. The SMILES string of the molecule is CCOC(=O)c1ccccc1Nc1nccc(Nc2cc(C)cc(C)c2)n1. The van der Waals surface area contributed by atoms with Gasteiger partial charge in [-0.3, -0.25) is 0 Å². The molecule has 0 aliphatic rings. The Labute approximate surface area is 158 Å². The van der Waals surface area contributed by atoms with Crippen LogP contribution in [0.4, 0.5) is 23.1 Å². The predicted octanol–water partition coefficient (Wildman–Crippen LogP) is 4.76. The van der Waals surface area contributed by atoms with Gasteiger partial charge in [0, 0.05) is 11.9 Å². The van der Waals surface area contributed by atoms with Gasteiger partial charge < -0.3 is 15.4 Å². The van der Waals surface area contributed by atoms with Crippen molar-refractivity contribution >= 4 is 29.1 Å². The summed E-state index contributed by atoms with van der Waals surface area (Å²) < 4.78 is 5.10. The summed E-state index contributed by atoms with van der Waals surface area (Å²) in [6.07, 6.45) is 1.66. The number of aromatic nitrogens is 2. The van der Waals surface area contributed by atoms with Crippen LogP contribution in [0, 0.1) is 13.8 Å². The number of esters is 1. The number of anilines is 4. The maximum absolute atomic E-state index is 12.1. The largest absolute Gasteiger partial charge is 0.462 e. The number of aryl methyl sites for hydroxylation is 2. The Morgan fingerprint density at radius 3 is 2.52 bits per heavy atom. The Kier molecular flexibility index (Phi) is 5.66. The van der Waals surface area contributed by atoms with Crippen LogP contribution in [0.1, 0.15) is 28.4 Å². The van der Waals surface area contributed by atoms with Crippen LogP contribution in [-0.2, 0) is 4.74 Å². The molecule has 0 radical (unpaired) electrons. The third kappa shape index (κ3) is 4.82. The fourth-order valence-corrected chi connectivity index (χ4v) is 2.78. The molecule has 3 rings (SSSR count). The number of benzene rings is 2. The maximum atomic E-state index is 12.1. The van der Waals surface area contributed by atoms with Crippen LogP contribution in [0.15, 0.2) is 54.7 Å². The highest BCUT2D eigenvalue weighted by Gasteiger charge is 2.13. The van der Waals surface area contributed by atoms with Gasteiger partial charge in [-0.05, 0) is 62.2 Å². The normalized spacial score (nSPS) is 10.3. The molecule has 2 aromatic carbocycles. The molecule has 0 amide bonds. The second kappa shape index (κ2) is 8.31. The summed E-state index contributed by atoms with van der Waals surface area (Å²) in [5.74, 6) is 0.664. The van der Waals surface area contributed by atoms with Crippen molar-refractivity contribution in [3.8, 4) is 0 Å². The van der Waals surface area contributed by atoms with Crippen LogP contribution in [0.3, 0.4) is 0 Å². The second-order valence-electron chi connectivity index (χ2n) is 6.16. The molecule has 138 valence electrons. The van der Waals surface area contributed by atoms with Crippen molar-refractivity contribution in [2.24, 2.45) is 0 Å². The molecule has 0 saturated heterocycles. The van der Waals surface area contributed by atoms with E-state index in [9.17, 15) is 4.79 Å². The lowest BCUT2D eigenvalue weighted by Crippen LogP contribution is -2.09. The van der Waals surface area contributed by atoms with E-state index >= 15 is 0 Å². The number of carbonyl (C=O) groups excluding carboxylic acids is 1. The van der Waals surface area contributed by atoms with Gasteiger partial charge in [0.1, 0.15) is 5.82 Å². The molecular weight excluding hydrogens is 340 g/mol. The third-order valence-electron chi connectivity index (χ3n) is 3.82. The molecule has 1 heterocycles. The summed E-state index contributed by atoms with van der Waals surface area (Å²) in [6.45, 7) is 6.20. The van der Waals surface area contributed by atoms with Crippen LogP contribution in [0.5, 0.6) is 0 Å². The van der Waals surface area contributed by atoms with Gasteiger partial charge in [-0.25, -0.2) is 9.78 Å². The molecule has 6 heteroatoms. The smallest absolute Gasteiger partial charge is 0.340 e. The molecule has 0 fully saturated rings. The first-order valence-corrected chi connectivity index (χ1v) is 8.76. The van der Waals surface area contributed by atoms with Crippen LogP contribution in [-0.4, -0.2) is 22.5 Å². The van der Waals surface area contributed by atoms with Gasteiger partial charge in [0.05, 0.1) is 17.9 Å². The molecule has 0 atom stereocenters. The Balaban J connectivity index is 1.82. The van der Waals surface area contributed by atoms with Gasteiger partial charge in [0.2, 0.25) is 5.95 Å². The van der Waals surface area contributed by atoms with Gasteiger partial charge in [-0.15, -0.1) is 0 Å². The van der Waals surface area contributed by atoms with Crippen LogP contribution < -0.4 is 10.6 Å². The number of hydrogen-bond acceptors (Lipinski definition) is 6. The van der Waals surface area contributed by atoms with Gasteiger partial charge in [-0.2, -0.15) is 4.98 Å². The topological polar surface area (TPSA) is 76.1 Å². The predicted molar refractivity (Wildman–Crippen MR) is 107 cm³/mol. The zero-order valence-electron chi connectivity index (χ0n) is 15.6. The number of ether oxygens (including phenoxy) is 1. The van der Waals surface area contributed by atoms with E-state index in [0.717, 1.165) is 5.69 Å². The summed E-state index contributed by atoms with van der Waals surface area (Å²) >= 11 is 0. The Bertz CT molecular complexity index is 936. The molecule has 0 saturated carbocycles. The zero-order valence-corrected chi connectivity index (χ0v) is 15.6. The van der Waals surface area contributed by atoms with E-state index in [1.807, 2.05) is 6.07 Å². The van der Waals surface area contributed by atoms with E-state index in [-0.39, 0.29) is 5.97 Å². The second-order valence-corrected chi connectivity index (χ2v) is 6.16. The number of para-hydroxylation sites is 1. The minimum atomic E-state index is -0.384. The Morgan fingerprint density at radius 2 is 1.78 bits per heavy atom. The number of rotatable bonds is 6. The Morgan fingerprint density at radius 1 is 1.04 bits per heavy atom. The van der Waals surface area contributed by atoms with Crippen LogP contribution in [0.2, 0.25) is 0 Å². The summed E-state index contributed by atoms with van der Waals surface area (Å²) in [6, 6.07) is 15.1.